The van der Waals surface area contributed by atoms with Crippen LogP contribution >= 0.6 is 0 Å². The van der Waals surface area contributed by atoms with Crippen molar-refractivity contribution in [3.05, 3.63) is 46.1 Å². The van der Waals surface area contributed by atoms with Crippen molar-refractivity contribution in [3.63, 3.8) is 0 Å². The second-order valence-corrected chi connectivity index (χ2v) is 4.04. The highest BCUT2D eigenvalue weighted by Crippen LogP contribution is 2.23. The first-order valence-electron chi connectivity index (χ1n) is 4.96. The van der Waals surface area contributed by atoms with Gasteiger partial charge in [0.05, 0.1) is 0 Å². The van der Waals surface area contributed by atoms with E-state index in [0.29, 0.717) is 17.1 Å². The number of allylic oxidation sites excluding steroid dienone is 1. The molecule has 2 nitrogen and oxygen atoms in total. The molecule has 0 heterocycles. The number of hydrogen-bond donors (Lipinski definition) is 1. The molecule has 1 N–H and O–H groups in total. The molecule has 0 bridgehead atoms. The summed E-state index contributed by atoms with van der Waals surface area (Å²) in [5, 5.41) is 9.66. The van der Waals surface area contributed by atoms with E-state index in [4.69, 9.17) is 0 Å². The Labute approximate surface area is 89.9 Å². The fourth-order valence-electron chi connectivity index (χ4n) is 1.35. The molecule has 1 rings (SSSR count). The van der Waals surface area contributed by atoms with Crippen LogP contribution in [0.1, 0.15) is 37.8 Å². The molecule has 0 atom stereocenters. The Kier molecular flexibility index (Phi) is 3.30. The van der Waals surface area contributed by atoms with Gasteiger partial charge in [-0.15, -0.1) is 0 Å². The second-order valence-electron chi connectivity index (χ2n) is 4.04. The summed E-state index contributed by atoms with van der Waals surface area (Å²) >= 11 is 0. The zero-order chi connectivity index (χ0) is 11.6. The van der Waals surface area contributed by atoms with E-state index in [1.807, 2.05) is 19.9 Å². The van der Waals surface area contributed by atoms with Gasteiger partial charge < -0.3 is 5.11 Å². The van der Waals surface area contributed by atoms with Gasteiger partial charge >= 0.3 is 0 Å². The molecule has 80 valence electrons. The van der Waals surface area contributed by atoms with E-state index in [1.165, 1.54) is 6.07 Å². The molecule has 0 aromatic heterocycles. The van der Waals surface area contributed by atoms with E-state index >= 15 is 0 Å². The van der Waals surface area contributed by atoms with E-state index in [0.717, 1.165) is 5.56 Å². The standard InChI is InChI=1S/C13H16O2/c1-8(2)10-5-6-12(14)13(15)11(7-10)9(3)4/h5-8H,3H2,1-2,4H3,(H,14,15). The lowest BCUT2D eigenvalue weighted by molar-refractivity contribution is 0.469. The van der Waals surface area contributed by atoms with Gasteiger partial charge in [0.25, 0.3) is 0 Å². The second kappa shape index (κ2) is 4.30. The Morgan fingerprint density at radius 3 is 2.47 bits per heavy atom. The van der Waals surface area contributed by atoms with Crippen molar-refractivity contribution in [1.29, 1.82) is 0 Å². The zero-order valence-electron chi connectivity index (χ0n) is 9.37. The highest BCUT2D eigenvalue weighted by molar-refractivity contribution is 5.66. The quantitative estimate of drug-likeness (QED) is 0.804. The van der Waals surface area contributed by atoms with Crippen molar-refractivity contribution in [2.24, 2.45) is 0 Å². The molecule has 0 saturated heterocycles. The van der Waals surface area contributed by atoms with Gasteiger partial charge in [0.15, 0.2) is 5.75 Å². The number of aromatic hydroxyl groups is 1. The Morgan fingerprint density at radius 1 is 1.40 bits per heavy atom. The monoisotopic (exact) mass is 204 g/mol. The van der Waals surface area contributed by atoms with Gasteiger partial charge in [-0.25, -0.2) is 0 Å². The van der Waals surface area contributed by atoms with Gasteiger partial charge in [-0.2, -0.15) is 0 Å². The lowest BCUT2D eigenvalue weighted by Gasteiger charge is -2.04. The summed E-state index contributed by atoms with van der Waals surface area (Å²) in [6, 6.07) is 4.97. The van der Waals surface area contributed by atoms with Crippen molar-refractivity contribution >= 4 is 5.57 Å². The van der Waals surface area contributed by atoms with E-state index in [-0.39, 0.29) is 11.2 Å². The Hall–Kier alpha value is -1.57. The third-order valence-corrected chi connectivity index (χ3v) is 2.35. The minimum absolute atomic E-state index is 0.214. The van der Waals surface area contributed by atoms with Crippen LogP contribution in [0.4, 0.5) is 0 Å². The van der Waals surface area contributed by atoms with Crippen LogP contribution in [-0.2, 0) is 0 Å². The summed E-state index contributed by atoms with van der Waals surface area (Å²) < 4.78 is 0. The zero-order valence-corrected chi connectivity index (χ0v) is 9.37. The molecule has 1 aromatic rings. The first-order valence-corrected chi connectivity index (χ1v) is 4.96. The third-order valence-electron chi connectivity index (χ3n) is 2.35. The lowest BCUT2D eigenvalue weighted by Crippen LogP contribution is -1.95. The Bertz CT molecular complexity index is 445. The summed E-state index contributed by atoms with van der Waals surface area (Å²) in [5.74, 6) is 0.101. The average molecular weight is 204 g/mol. The summed E-state index contributed by atoms with van der Waals surface area (Å²) in [5.41, 5.74) is 1.89. The minimum Gasteiger partial charge on any atom is -0.504 e. The summed E-state index contributed by atoms with van der Waals surface area (Å²) in [6.45, 7) is 9.61. The van der Waals surface area contributed by atoms with Crippen LogP contribution in [0.3, 0.4) is 0 Å². The molecule has 15 heavy (non-hydrogen) atoms. The van der Waals surface area contributed by atoms with Gasteiger partial charge in [0, 0.05) is 5.56 Å². The predicted molar refractivity (Wildman–Crippen MR) is 63.2 cm³/mol. The molecule has 0 aliphatic rings. The fourth-order valence-corrected chi connectivity index (χ4v) is 1.35. The Balaban J connectivity index is 3.57. The molecule has 0 fully saturated rings. The average Bonchev–Trinajstić information content (AvgIpc) is 2.28. The molecule has 0 saturated carbocycles. The van der Waals surface area contributed by atoms with Gasteiger partial charge in [-0.1, -0.05) is 26.5 Å². The fraction of sp³-hybridized carbons (Fsp3) is 0.308. The van der Waals surface area contributed by atoms with Crippen molar-refractivity contribution in [2.75, 3.05) is 0 Å². The minimum atomic E-state index is -0.361. The molecule has 1 aromatic carbocycles. The molecule has 0 amide bonds. The molecule has 0 spiro atoms. The highest BCUT2D eigenvalue weighted by Gasteiger charge is 2.07. The van der Waals surface area contributed by atoms with E-state index in [2.05, 4.69) is 6.58 Å². The Morgan fingerprint density at radius 2 is 2.00 bits per heavy atom. The summed E-state index contributed by atoms with van der Waals surface area (Å²) in [4.78, 5) is 11.4. The molecular formula is C13H16O2. The summed E-state index contributed by atoms with van der Waals surface area (Å²) in [6.07, 6.45) is 0. The molecule has 2 heteroatoms. The van der Waals surface area contributed by atoms with Gasteiger partial charge in [0.2, 0.25) is 5.43 Å². The SMILES string of the molecule is C=C(C)c1cc(C(C)C)ccc(=O)c1O. The maximum absolute atomic E-state index is 11.4. The molecular weight excluding hydrogens is 188 g/mol. The van der Waals surface area contributed by atoms with E-state index in [1.54, 1.807) is 13.0 Å². The number of rotatable bonds is 2. The highest BCUT2D eigenvalue weighted by atomic mass is 16.3. The van der Waals surface area contributed by atoms with Crippen molar-refractivity contribution in [3.8, 4) is 5.75 Å². The maximum atomic E-state index is 11.4. The molecule has 0 unspecified atom stereocenters. The van der Waals surface area contributed by atoms with Crippen molar-refractivity contribution in [1.82, 2.24) is 0 Å². The van der Waals surface area contributed by atoms with Crippen molar-refractivity contribution in [2.45, 2.75) is 26.7 Å². The molecule has 0 radical (unpaired) electrons. The van der Waals surface area contributed by atoms with Crippen LogP contribution in [-0.4, -0.2) is 5.11 Å². The maximum Gasteiger partial charge on any atom is 0.220 e. The molecule has 0 aliphatic heterocycles. The first-order chi connectivity index (χ1) is 6.93. The van der Waals surface area contributed by atoms with Crippen LogP contribution in [0.25, 0.3) is 5.57 Å². The van der Waals surface area contributed by atoms with Crippen LogP contribution in [0, 0.1) is 0 Å². The lowest BCUT2D eigenvalue weighted by atomic mass is 10.0. The molecule has 0 aliphatic carbocycles. The van der Waals surface area contributed by atoms with Crippen LogP contribution in [0.15, 0.2) is 29.6 Å². The summed E-state index contributed by atoms with van der Waals surface area (Å²) in [7, 11) is 0. The number of hydrogen-bond acceptors (Lipinski definition) is 2. The topological polar surface area (TPSA) is 37.3 Å². The van der Waals surface area contributed by atoms with E-state index in [9.17, 15) is 9.90 Å². The van der Waals surface area contributed by atoms with Gasteiger partial charge in [-0.3, -0.25) is 4.79 Å². The van der Waals surface area contributed by atoms with Gasteiger partial charge in [-0.05, 0) is 36.1 Å². The largest absolute Gasteiger partial charge is 0.504 e. The van der Waals surface area contributed by atoms with Crippen LogP contribution in [0.2, 0.25) is 0 Å². The third kappa shape index (κ3) is 2.46. The van der Waals surface area contributed by atoms with Crippen molar-refractivity contribution < 1.29 is 5.11 Å². The smallest absolute Gasteiger partial charge is 0.220 e. The normalized spacial score (nSPS) is 10.4. The van der Waals surface area contributed by atoms with Crippen LogP contribution < -0.4 is 5.43 Å². The van der Waals surface area contributed by atoms with Crippen LogP contribution in [0.5, 0.6) is 5.75 Å². The predicted octanol–water partition coefficient (Wildman–Crippen LogP) is 2.91. The van der Waals surface area contributed by atoms with E-state index < -0.39 is 0 Å². The van der Waals surface area contributed by atoms with Gasteiger partial charge in [0.1, 0.15) is 0 Å². The first kappa shape index (κ1) is 11.5.